The molecule has 0 saturated heterocycles. The van der Waals surface area contributed by atoms with Crippen LogP contribution in [0.1, 0.15) is 5.69 Å². The van der Waals surface area contributed by atoms with Crippen LogP contribution >= 0.6 is 11.6 Å². The zero-order valence-corrected chi connectivity index (χ0v) is 6.34. The minimum absolute atomic E-state index is 0.191. The van der Waals surface area contributed by atoms with E-state index in [9.17, 15) is 0 Å². The number of hydrogen-bond acceptors (Lipinski definition) is 2. The summed E-state index contributed by atoms with van der Waals surface area (Å²) in [5.41, 5.74) is 0.817. The fourth-order valence-corrected chi connectivity index (χ4v) is 0.902. The Balaban J connectivity index is 3.15. The van der Waals surface area contributed by atoms with Crippen molar-refractivity contribution in [1.82, 2.24) is 4.98 Å². The van der Waals surface area contributed by atoms with Gasteiger partial charge in [0.15, 0.2) is 5.69 Å². The van der Waals surface area contributed by atoms with Gasteiger partial charge >= 0.3 is 0 Å². The van der Waals surface area contributed by atoms with Crippen LogP contribution in [0.3, 0.4) is 0 Å². The van der Waals surface area contributed by atoms with Gasteiger partial charge in [0.25, 0.3) is 0 Å². The minimum Gasteiger partial charge on any atom is -0.390 e. The van der Waals surface area contributed by atoms with E-state index in [1.54, 1.807) is 0 Å². The first-order valence-corrected chi connectivity index (χ1v) is 3.29. The molecule has 0 aliphatic carbocycles. The number of pyridine rings is 1. The fourth-order valence-electron chi connectivity index (χ4n) is 0.682. The van der Waals surface area contributed by atoms with Gasteiger partial charge in [-0.3, -0.25) is 0 Å². The summed E-state index contributed by atoms with van der Waals surface area (Å²) in [6, 6.07) is 2.95. The molecule has 0 fully saturated rings. The molecule has 1 aromatic rings. The predicted molar refractivity (Wildman–Crippen MR) is 41.4 cm³/mol. The van der Waals surface area contributed by atoms with Crippen LogP contribution in [0.2, 0.25) is 5.15 Å². The smallest absolute Gasteiger partial charge is 0.192 e. The van der Waals surface area contributed by atoms with Crippen LogP contribution in [0, 0.1) is 6.57 Å². The van der Waals surface area contributed by atoms with Crippen LogP contribution in [-0.2, 0) is 6.61 Å². The van der Waals surface area contributed by atoms with E-state index in [0.29, 0.717) is 11.4 Å². The summed E-state index contributed by atoms with van der Waals surface area (Å²) in [6.45, 7) is 6.48. The van der Waals surface area contributed by atoms with Crippen molar-refractivity contribution in [3.05, 3.63) is 34.4 Å². The van der Waals surface area contributed by atoms with Gasteiger partial charge in [-0.25, -0.2) is 9.83 Å². The number of nitrogens with zero attached hydrogens (tertiary/aromatic N) is 2. The molecule has 3 nitrogen and oxygen atoms in total. The highest BCUT2D eigenvalue weighted by Gasteiger charge is 1.98. The van der Waals surface area contributed by atoms with Crippen molar-refractivity contribution in [3.8, 4) is 0 Å². The third-order valence-electron chi connectivity index (χ3n) is 1.12. The van der Waals surface area contributed by atoms with Gasteiger partial charge in [0.2, 0.25) is 0 Å². The maximum absolute atomic E-state index is 8.66. The highest BCUT2D eigenvalue weighted by atomic mass is 35.5. The highest BCUT2D eigenvalue weighted by molar-refractivity contribution is 6.29. The van der Waals surface area contributed by atoms with Crippen LogP contribution in [0.15, 0.2) is 12.1 Å². The van der Waals surface area contributed by atoms with Gasteiger partial charge in [-0.1, -0.05) is 11.6 Å². The zero-order chi connectivity index (χ0) is 8.27. The summed E-state index contributed by atoms with van der Waals surface area (Å²) in [7, 11) is 0. The Morgan fingerprint density at radius 2 is 2.36 bits per heavy atom. The lowest BCUT2D eigenvalue weighted by Gasteiger charge is -1.96. The van der Waals surface area contributed by atoms with Gasteiger partial charge in [0.1, 0.15) is 5.15 Å². The van der Waals surface area contributed by atoms with Crippen LogP contribution in [0.5, 0.6) is 0 Å². The summed E-state index contributed by atoms with van der Waals surface area (Å²) < 4.78 is 0. The van der Waals surface area contributed by atoms with E-state index in [1.165, 1.54) is 12.1 Å². The standard InChI is InChI=1S/C7H5ClN2O/c1-9-5-2-6(4-11)10-7(8)3-5/h2-3,11H,4H2. The summed E-state index contributed by atoms with van der Waals surface area (Å²) in [5.74, 6) is 0. The second kappa shape index (κ2) is 3.33. The van der Waals surface area contributed by atoms with E-state index in [0.717, 1.165) is 0 Å². The second-order valence-electron chi connectivity index (χ2n) is 1.91. The molecule has 0 atom stereocenters. The van der Waals surface area contributed by atoms with Gasteiger partial charge in [0, 0.05) is 0 Å². The number of hydrogen-bond donors (Lipinski definition) is 1. The van der Waals surface area contributed by atoms with Crippen molar-refractivity contribution in [3.63, 3.8) is 0 Å². The molecule has 0 amide bonds. The molecule has 0 aliphatic rings. The molecular weight excluding hydrogens is 164 g/mol. The number of aliphatic hydroxyl groups is 1. The molecule has 11 heavy (non-hydrogen) atoms. The highest BCUT2D eigenvalue weighted by Crippen LogP contribution is 2.17. The molecule has 1 N–H and O–H groups in total. The van der Waals surface area contributed by atoms with Crippen LogP contribution in [0.4, 0.5) is 5.69 Å². The molecule has 1 aromatic heterocycles. The molecule has 1 heterocycles. The predicted octanol–water partition coefficient (Wildman–Crippen LogP) is 1.78. The topological polar surface area (TPSA) is 37.5 Å². The Morgan fingerprint density at radius 1 is 1.64 bits per heavy atom. The normalized spacial score (nSPS) is 9.18. The lowest BCUT2D eigenvalue weighted by atomic mass is 10.3. The monoisotopic (exact) mass is 168 g/mol. The molecule has 56 valence electrons. The maximum Gasteiger partial charge on any atom is 0.192 e. The molecule has 0 saturated carbocycles. The third kappa shape index (κ3) is 1.90. The fraction of sp³-hybridized carbons (Fsp3) is 0.143. The van der Waals surface area contributed by atoms with Crippen molar-refractivity contribution in [2.24, 2.45) is 0 Å². The third-order valence-corrected chi connectivity index (χ3v) is 1.32. The number of halogens is 1. The zero-order valence-electron chi connectivity index (χ0n) is 5.58. The molecular formula is C7H5ClN2O. The SMILES string of the molecule is [C-]#[N+]c1cc(Cl)nc(CO)c1. The number of aliphatic hydroxyl groups excluding tert-OH is 1. The first-order valence-electron chi connectivity index (χ1n) is 2.91. The lowest BCUT2D eigenvalue weighted by molar-refractivity contribution is 0.277. The lowest BCUT2D eigenvalue weighted by Crippen LogP contribution is -1.87. The van der Waals surface area contributed by atoms with E-state index in [2.05, 4.69) is 9.83 Å². The Morgan fingerprint density at radius 3 is 2.91 bits per heavy atom. The molecule has 0 unspecified atom stereocenters. The first kappa shape index (κ1) is 7.99. The minimum atomic E-state index is -0.191. The van der Waals surface area contributed by atoms with Gasteiger partial charge in [-0.2, -0.15) is 0 Å². The molecule has 1 rings (SSSR count). The van der Waals surface area contributed by atoms with Gasteiger partial charge in [-0.05, 0) is 12.1 Å². The molecule has 4 heteroatoms. The molecule has 0 bridgehead atoms. The van der Waals surface area contributed by atoms with Crippen molar-refractivity contribution < 1.29 is 5.11 Å². The summed E-state index contributed by atoms with van der Waals surface area (Å²) >= 11 is 5.54. The summed E-state index contributed by atoms with van der Waals surface area (Å²) in [4.78, 5) is 6.93. The van der Waals surface area contributed by atoms with E-state index >= 15 is 0 Å². The largest absolute Gasteiger partial charge is 0.390 e. The van der Waals surface area contributed by atoms with Crippen molar-refractivity contribution in [1.29, 1.82) is 0 Å². The molecule has 0 spiro atoms. The van der Waals surface area contributed by atoms with E-state index in [4.69, 9.17) is 23.3 Å². The van der Waals surface area contributed by atoms with Gasteiger partial charge < -0.3 is 5.11 Å². The van der Waals surface area contributed by atoms with Crippen molar-refractivity contribution in [2.45, 2.75) is 6.61 Å². The maximum atomic E-state index is 8.66. The van der Waals surface area contributed by atoms with Crippen LogP contribution in [-0.4, -0.2) is 10.1 Å². The quantitative estimate of drug-likeness (QED) is 0.513. The average molecular weight is 169 g/mol. The van der Waals surface area contributed by atoms with E-state index in [-0.39, 0.29) is 11.8 Å². The Hall–Kier alpha value is -1.11. The van der Waals surface area contributed by atoms with Crippen molar-refractivity contribution >= 4 is 17.3 Å². The van der Waals surface area contributed by atoms with Crippen molar-refractivity contribution in [2.75, 3.05) is 0 Å². The summed E-state index contributed by atoms with van der Waals surface area (Å²) in [6.07, 6.45) is 0. The van der Waals surface area contributed by atoms with Crippen LogP contribution < -0.4 is 0 Å². The number of rotatable bonds is 1. The molecule has 0 aromatic carbocycles. The van der Waals surface area contributed by atoms with Gasteiger partial charge in [-0.15, -0.1) is 0 Å². The van der Waals surface area contributed by atoms with Crippen LogP contribution in [0.25, 0.3) is 4.85 Å². The second-order valence-corrected chi connectivity index (χ2v) is 2.30. The molecule has 0 aliphatic heterocycles. The van der Waals surface area contributed by atoms with E-state index in [1.807, 2.05) is 0 Å². The number of aromatic nitrogens is 1. The Labute approximate surface area is 69.1 Å². The average Bonchev–Trinajstić information content (AvgIpc) is 2.03. The summed E-state index contributed by atoms with van der Waals surface area (Å²) in [5, 5.41) is 8.90. The molecule has 0 radical (unpaired) electrons. The Kier molecular flexibility index (Phi) is 2.42. The Bertz CT molecular complexity index is 306. The van der Waals surface area contributed by atoms with E-state index < -0.39 is 0 Å². The van der Waals surface area contributed by atoms with Gasteiger partial charge in [0.05, 0.1) is 18.9 Å². The first-order chi connectivity index (χ1) is 5.26.